The van der Waals surface area contributed by atoms with E-state index in [1.807, 2.05) is 0 Å². The zero-order valence-corrected chi connectivity index (χ0v) is 17.3. The van der Waals surface area contributed by atoms with Gasteiger partial charge in [0.25, 0.3) is 5.91 Å². The van der Waals surface area contributed by atoms with Gasteiger partial charge in [-0.25, -0.2) is 13.2 Å². The lowest BCUT2D eigenvalue weighted by atomic mass is 9.44. The highest BCUT2D eigenvalue weighted by molar-refractivity contribution is 6.30. The Balaban J connectivity index is 1.16. The topological polar surface area (TPSA) is 70.6 Å². The van der Waals surface area contributed by atoms with Crippen molar-refractivity contribution in [3.05, 3.63) is 64.4 Å². The molecule has 3 aliphatic rings. The van der Waals surface area contributed by atoms with E-state index in [1.54, 1.807) is 0 Å². The van der Waals surface area contributed by atoms with E-state index in [-0.39, 0.29) is 34.4 Å². The van der Waals surface area contributed by atoms with Gasteiger partial charge in [-0.3, -0.25) is 4.79 Å². The van der Waals surface area contributed by atoms with E-state index < -0.39 is 23.6 Å². The van der Waals surface area contributed by atoms with Gasteiger partial charge in [-0.1, -0.05) is 17.7 Å². The first-order valence-electron chi connectivity index (χ1n) is 9.96. The molecule has 0 heterocycles. The van der Waals surface area contributed by atoms with E-state index in [0.29, 0.717) is 18.5 Å². The van der Waals surface area contributed by atoms with Crippen molar-refractivity contribution in [1.29, 1.82) is 0 Å². The van der Waals surface area contributed by atoms with Crippen molar-refractivity contribution in [1.82, 2.24) is 10.6 Å². The molecule has 0 saturated heterocycles. The summed E-state index contributed by atoms with van der Waals surface area (Å²) in [6.45, 7) is 0.291. The Morgan fingerprint density at radius 1 is 1.06 bits per heavy atom. The number of hydrogen-bond acceptors (Lipinski definition) is 4. The summed E-state index contributed by atoms with van der Waals surface area (Å²) >= 11 is 5.61. The molecule has 3 fully saturated rings. The second-order valence-corrected chi connectivity index (χ2v) is 8.82. The van der Waals surface area contributed by atoms with Crippen LogP contribution in [-0.4, -0.2) is 35.2 Å². The predicted octanol–water partition coefficient (Wildman–Crippen LogP) is 3.64. The number of nitrogens with one attached hydrogen (secondary N) is 2. The maximum atomic E-state index is 13.4. The molecule has 0 aromatic heterocycles. The number of carbonyl (C=O) groups is 1. The van der Waals surface area contributed by atoms with E-state index in [0.717, 1.165) is 37.5 Å². The van der Waals surface area contributed by atoms with Gasteiger partial charge >= 0.3 is 0 Å². The number of benzene rings is 2. The molecule has 5 nitrogen and oxygen atoms in total. The zero-order valence-electron chi connectivity index (χ0n) is 16.6. The lowest BCUT2D eigenvalue weighted by Crippen LogP contribution is -2.83. The molecule has 0 spiro atoms. The Morgan fingerprint density at radius 3 is 2.48 bits per heavy atom. The first-order chi connectivity index (χ1) is 14.7. The van der Waals surface area contributed by atoms with Gasteiger partial charge in [0.2, 0.25) is 0 Å². The monoisotopic (exact) mass is 454 g/mol. The highest BCUT2D eigenvalue weighted by Crippen LogP contribution is 2.60. The number of aliphatic hydroxyl groups is 1. The molecule has 1 unspecified atom stereocenters. The molecule has 1 amide bonds. The summed E-state index contributed by atoms with van der Waals surface area (Å²) in [6, 6.07) is 7.37. The van der Waals surface area contributed by atoms with Gasteiger partial charge in [0.1, 0.15) is 11.6 Å². The SMILES string of the molecule is O=C(COc1ccc(Cl)c(F)c1)NC12CC(NCCC(O)c3ccc(F)c(F)c3)(C1)C2. The van der Waals surface area contributed by atoms with Crippen LogP contribution in [0.2, 0.25) is 5.02 Å². The Kier molecular flexibility index (Phi) is 5.89. The third kappa shape index (κ3) is 4.66. The second kappa shape index (κ2) is 8.33. The summed E-state index contributed by atoms with van der Waals surface area (Å²) < 4.78 is 45.0. The molecule has 0 radical (unpaired) electrons. The fraction of sp³-hybridized carbons (Fsp3) is 0.409. The summed E-state index contributed by atoms with van der Waals surface area (Å²) in [5, 5.41) is 16.5. The molecule has 31 heavy (non-hydrogen) atoms. The van der Waals surface area contributed by atoms with Crippen LogP contribution in [0.5, 0.6) is 5.75 Å². The maximum absolute atomic E-state index is 13.4. The van der Waals surface area contributed by atoms with Crippen molar-refractivity contribution in [3.8, 4) is 5.75 Å². The van der Waals surface area contributed by atoms with Gasteiger partial charge in [0.05, 0.1) is 11.1 Å². The molecule has 5 rings (SSSR count). The number of halogens is 4. The van der Waals surface area contributed by atoms with Crippen LogP contribution in [-0.2, 0) is 4.79 Å². The fourth-order valence-electron chi connectivity index (χ4n) is 4.52. The number of ether oxygens (including phenoxy) is 1. The van der Waals surface area contributed by atoms with Gasteiger partial charge in [-0.05, 0) is 62.1 Å². The normalized spacial score (nSPS) is 24.7. The quantitative estimate of drug-likeness (QED) is 0.541. The van der Waals surface area contributed by atoms with E-state index in [9.17, 15) is 23.1 Å². The van der Waals surface area contributed by atoms with Crippen molar-refractivity contribution in [2.75, 3.05) is 13.2 Å². The lowest BCUT2D eigenvalue weighted by molar-refractivity contribution is -0.143. The zero-order chi connectivity index (χ0) is 22.2. The average Bonchev–Trinajstić information content (AvgIpc) is 2.67. The smallest absolute Gasteiger partial charge is 0.258 e. The Bertz CT molecular complexity index is 984. The molecule has 3 aliphatic carbocycles. The maximum Gasteiger partial charge on any atom is 0.258 e. The van der Waals surface area contributed by atoms with Crippen LogP contribution in [0.3, 0.4) is 0 Å². The fourth-order valence-corrected chi connectivity index (χ4v) is 4.63. The van der Waals surface area contributed by atoms with Crippen molar-refractivity contribution >= 4 is 17.5 Å². The number of rotatable bonds is 9. The van der Waals surface area contributed by atoms with Gasteiger partial charge < -0.3 is 20.5 Å². The molecule has 2 bridgehead atoms. The summed E-state index contributed by atoms with van der Waals surface area (Å²) in [6.07, 6.45) is 1.77. The van der Waals surface area contributed by atoms with Crippen LogP contribution in [0.4, 0.5) is 13.2 Å². The highest BCUT2D eigenvalue weighted by atomic mass is 35.5. The van der Waals surface area contributed by atoms with E-state index in [4.69, 9.17) is 16.3 Å². The first kappa shape index (κ1) is 21.9. The van der Waals surface area contributed by atoms with Gasteiger partial charge in [-0.2, -0.15) is 0 Å². The number of aliphatic hydroxyl groups excluding tert-OH is 1. The van der Waals surface area contributed by atoms with Crippen molar-refractivity contribution < 1.29 is 27.8 Å². The van der Waals surface area contributed by atoms with Crippen molar-refractivity contribution in [2.24, 2.45) is 0 Å². The molecule has 3 N–H and O–H groups in total. The molecular weight excluding hydrogens is 433 g/mol. The number of amides is 1. The standard InChI is InChI=1S/C22H22ClF3N2O3/c23-15-3-2-14(8-17(15)25)31-9-20(30)28-22-10-21(11-22,12-22)27-6-5-19(29)13-1-4-16(24)18(26)7-13/h1-4,7-8,19,27,29H,5-6,9-12H2,(H,28,30). The second-order valence-electron chi connectivity index (χ2n) is 8.41. The first-order valence-corrected chi connectivity index (χ1v) is 10.3. The summed E-state index contributed by atoms with van der Waals surface area (Å²) in [5.41, 5.74) is 0.0149. The Labute approximate surface area is 182 Å². The molecule has 2 aromatic rings. The van der Waals surface area contributed by atoms with Crippen LogP contribution in [0.25, 0.3) is 0 Å². The van der Waals surface area contributed by atoms with Crippen LogP contribution >= 0.6 is 11.6 Å². The van der Waals surface area contributed by atoms with Crippen LogP contribution in [0.15, 0.2) is 36.4 Å². The minimum absolute atomic E-state index is 0.0131. The minimum Gasteiger partial charge on any atom is -0.484 e. The molecule has 166 valence electrons. The number of hydrogen-bond donors (Lipinski definition) is 3. The van der Waals surface area contributed by atoms with E-state index >= 15 is 0 Å². The third-order valence-electron chi connectivity index (χ3n) is 5.94. The molecule has 2 aromatic carbocycles. The molecule has 3 saturated carbocycles. The van der Waals surface area contributed by atoms with Gasteiger partial charge in [0.15, 0.2) is 18.2 Å². The predicted molar refractivity (Wildman–Crippen MR) is 108 cm³/mol. The van der Waals surface area contributed by atoms with Crippen LogP contribution in [0.1, 0.15) is 37.4 Å². The minimum atomic E-state index is -0.980. The van der Waals surface area contributed by atoms with Gasteiger partial charge in [-0.15, -0.1) is 0 Å². The Hall–Kier alpha value is -2.29. The third-order valence-corrected chi connectivity index (χ3v) is 6.25. The van der Waals surface area contributed by atoms with E-state index in [1.165, 1.54) is 18.2 Å². The van der Waals surface area contributed by atoms with E-state index in [2.05, 4.69) is 10.6 Å². The summed E-state index contributed by atoms with van der Waals surface area (Å²) in [7, 11) is 0. The number of carbonyl (C=O) groups excluding carboxylic acids is 1. The van der Waals surface area contributed by atoms with Crippen molar-refractivity contribution in [2.45, 2.75) is 42.9 Å². The largest absolute Gasteiger partial charge is 0.484 e. The molecule has 0 aliphatic heterocycles. The highest BCUT2D eigenvalue weighted by Gasteiger charge is 2.68. The average molecular weight is 455 g/mol. The molecular formula is C22H22ClF3N2O3. The molecule has 9 heteroatoms. The summed E-state index contributed by atoms with van der Waals surface area (Å²) in [4.78, 5) is 12.2. The lowest BCUT2D eigenvalue weighted by Gasteiger charge is -2.70. The van der Waals surface area contributed by atoms with Gasteiger partial charge in [0, 0.05) is 17.1 Å². The Morgan fingerprint density at radius 2 is 1.81 bits per heavy atom. The summed E-state index contributed by atoms with van der Waals surface area (Å²) in [5.74, 6) is -2.58. The van der Waals surface area contributed by atoms with Crippen molar-refractivity contribution in [3.63, 3.8) is 0 Å². The molecule has 1 atom stereocenters. The van der Waals surface area contributed by atoms with Crippen LogP contribution < -0.4 is 15.4 Å². The van der Waals surface area contributed by atoms with Crippen LogP contribution in [0, 0.1) is 17.5 Å².